The van der Waals surface area contributed by atoms with Gasteiger partial charge in [-0.15, -0.1) is 0 Å². The van der Waals surface area contributed by atoms with Crippen LogP contribution in [-0.2, 0) is 11.3 Å². The first kappa shape index (κ1) is 25.6. The molecule has 2 heterocycles. The van der Waals surface area contributed by atoms with E-state index in [0.717, 1.165) is 54.9 Å². The summed E-state index contributed by atoms with van der Waals surface area (Å²) in [6.45, 7) is 15.2. The third kappa shape index (κ3) is 5.94. The fourth-order valence-corrected chi connectivity index (χ4v) is 5.93. The Kier molecular flexibility index (Phi) is 7.45. The first-order valence-electron chi connectivity index (χ1n) is 14.0. The Hall–Kier alpha value is -3.02. The maximum Gasteiger partial charge on any atom is 0.256 e. The lowest BCUT2D eigenvalue weighted by atomic mass is 9.89. The number of carbonyl (C=O) groups excluding carboxylic acids is 1. The number of carbonyl (C=O) groups is 1. The van der Waals surface area contributed by atoms with Gasteiger partial charge in [-0.3, -0.25) is 19.5 Å². The smallest absolute Gasteiger partial charge is 0.256 e. The molecule has 6 nitrogen and oxygen atoms in total. The van der Waals surface area contributed by atoms with E-state index in [4.69, 9.17) is 9.98 Å². The van der Waals surface area contributed by atoms with E-state index in [2.05, 4.69) is 43.0 Å². The van der Waals surface area contributed by atoms with Crippen molar-refractivity contribution < 1.29 is 4.79 Å². The fourth-order valence-electron chi connectivity index (χ4n) is 5.93. The second kappa shape index (κ2) is 10.8. The molecule has 0 saturated heterocycles. The molecule has 0 spiro atoms. The molecule has 0 radical (unpaired) electrons. The quantitative estimate of drug-likeness (QED) is 0.325. The molecule has 196 valence electrons. The summed E-state index contributed by atoms with van der Waals surface area (Å²) >= 11 is 0. The minimum atomic E-state index is 0.0578. The number of hydrogen-bond donors (Lipinski definition) is 0. The molecule has 6 heteroatoms. The predicted molar refractivity (Wildman–Crippen MR) is 151 cm³/mol. The molecule has 0 atom stereocenters. The van der Waals surface area contributed by atoms with E-state index in [1.807, 2.05) is 17.3 Å². The van der Waals surface area contributed by atoms with Gasteiger partial charge in [0.05, 0.1) is 29.7 Å². The molecule has 2 fully saturated rings. The molecule has 37 heavy (non-hydrogen) atoms. The Balaban J connectivity index is 1.33. The second-order valence-electron chi connectivity index (χ2n) is 11.8. The molecule has 0 unspecified atom stereocenters. The van der Waals surface area contributed by atoms with Gasteiger partial charge in [-0.2, -0.15) is 5.10 Å². The lowest BCUT2D eigenvalue weighted by Gasteiger charge is -2.22. The van der Waals surface area contributed by atoms with Crippen molar-refractivity contribution in [3.8, 4) is 0 Å². The summed E-state index contributed by atoms with van der Waals surface area (Å²) in [5.74, 6) is 0.711. The van der Waals surface area contributed by atoms with Gasteiger partial charge in [0.1, 0.15) is 0 Å². The van der Waals surface area contributed by atoms with Crippen molar-refractivity contribution in [3.05, 3.63) is 59.7 Å². The van der Waals surface area contributed by atoms with Crippen LogP contribution in [0.15, 0.2) is 64.2 Å². The van der Waals surface area contributed by atoms with Crippen LogP contribution in [0.5, 0.6) is 0 Å². The molecule has 0 bridgehead atoms. The van der Waals surface area contributed by atoms with Crippen LogP contribution in [0, 0.1) is 11.3 Å². The zero-order valence-electron chi connectivity index (χ0n) is 22.6. The highest BCUT2D eigenvalue weighted by molar-refractivity contribution is 6.26. The Morgan fingerprint density at radius 2 is 2.00 bits per heavy atom. The Bertz CT molecular complexity index is 1200. The summed E-state index contributed by atoms with van der Waals surface area (Å²) < 4.78 is 2.08. The number of allylic oxidation sites excluding steroid dienone is 3. The summed E-state index contributed by atoms with van der Waals surface area (Å²) in [4.78, 5) is 24.6. The molecule has 0 aromatic carbocycles. The second-order valence-corrected chi connectivity index (χ2v) is 11.8. The molecular formula is C31H41N5O. The molecular weight excluding hydrogens is 458 g/mol. The van der Waals surface area contributed by atoms with Crippen molar-refractivity contribution >= 4 is 23.4 Å². The molecule has 0 N–H and O–H groups in total. The van der Waals surface area contributed by atoms with Gasteiger partial charge in [-0.05, 0) is 68.8 Å². The molecule has 5 rings (SSSR count). The standard InChI is InChI=1S/C31H41N5O/c1-5-26-29(20-35(30(26)37)18-24-11-12-24)32-16-13-28(34-27-10-8-9-22(27)2)23(3)25-17-33-36(19-25)21-31(4)14-6-7-15-31/h5,16-17,19,24H,1,3,6-15,18,20-21H2,2,4H3/b32-16-,34-28-. The van der Waals surface area contributed by atoms with Gasteiger partial charge in [0, 0.05) is 43.2 Å². The van der Waals surface area contributed by atoms with Crippen molar-refractivity contribution in [2.24, 2.45) is 21.3 Å². The minimum Gasteiger partial charge on any atom is -0.332 e. The van der Waals surface area contributed by atoms with Crippen LogP contribution in [0.3, 0.4) is 0 Å². The van der Waals surface area contributed by atoms with Crippen LogP contribution < -0.4 is 0 Å². The van der Waals surface area contributed by atoms with Gasteiger partial charge in [-0.25, -0.2) is 0 Å². The van der Waals surface area contributed by atoms with Crippen LogP contribution in [-0.4, -0.2) is 45.6 Å². The van der Waals surface area contributed by atoms with Crippen molar-refractivity contribution in [3.63, 3.8) is 0 Å². The lowest BCUT2D eigenvalue weighted by molar-refractivity contribution is -0.125. The summed E-state index contributed by atoms with van der Waals surface area (Å²) in [6, 6.07) is 0. The lowest BCUT2D eigenvalue weighted by Crippen LogP contribution is -2.29. The summed E-state index contributed by atoms with van der Waals surface area (Å²) in [5, 5.41) is 4.68. The first-order valence-corrected chi connectivity index (χ1v) is 14.0. The van der Waals surface area contributed by atoms with Crippen molar-refractivity contribution in [2.45, 2.75) is 84.6 Å². The van der Waals surface area contributed by atoms with Crippen LogP contribution in [0.25, 0.3) is 5.57 Å². The van der Waals surface area contributed by atoms with E-state index in [0.29, 0.717) is 29.9 Å². The van der Waals surface area contributed by atoms with Crippen molar-refractivity contribution in [1.29, 1.82) is 0 Å². The maximum atomic E-state index is 12.8. The molecule has 1 aromatic heterocycles. The first-order chi connectivity index (χ1) is 17.8. The number of nitrogens with zero attached hydrogens (tertiary/aromatic N) is 5. The topological polar surface area (TPSA) is 62.9 Å². The summed E-state index contributed by atoms with van der Waals surface area (Å²) in [7, 11) is 0. The van der Waals surface area contributed by atoms with E-state index >= 15 is 0 Å². The average Bonchev–Trinajstić information content (AvgIpc) is 3.17. The summed E-state index contributed by atoms with van der Waals surface area (Å²) in [6.07, 6.45) is 19.0. The average molecular weight is 500 g/mol. The SMILES string of the molecule is C=CC1=C(/N=C\C/C(=N/C2=C(C)CCC2)C(=C)c2cnn(CC3(C)CCCC3)c2)CN(CC2CC2)C1=O. The maximum absolute atomic E-state index is 12.8. The highest BCUT2D eigenvalue weighted by Gasteiger charge is 2.33. The van der Waals surface area contributed by atoms with Gasteiger partial charge in [0.15, 0.2) is 0 Å². The zero-order chi connectivity index (χ0) is 26.0. The van der Waals surface area contributed by atoms with E-state index < -0.39 is 0 Å². The van der Waals surface area contributed by atoms with E-state index in [1.54, 1.807) is 6.08 Å². The molecule has 1 aromatic rings. The number of hydrogen-bond acceptors (Lipinski definition) is 4. The molecule has 4 aliphatic rings. The van der Waals surface area contributed by atoms with Crippen LogP contribution in [0.2, 0.25) is 0 Å². The third-order valence-corrected chi connectivity index (χ3v) is 8.49. The Morgan fingerprint density at radius 3 is 2.68 bits per heavy atom. The van der Waals surface area contributed by atoms with E-state index in [-0.39, 0.29) is 5.91 Å². The van der Waals surface area contributed by atoms with Crippen LogP contribution in [0.4, 0.5) is 0 Å². The van der Waals surface area contributed by atoms with Gasteiger partial charge in [-0.1, -0.05) is 44.6 Å². The Labute approximate surface area is 221 Å². The number of rotatable bonds is 11. The largest absolute Gasteiger partial charge is 0.332 e. The third-order valence-electron chi connectivity index (χ3n) is 8.49. The van der Waals surface area contributed by atoms with Gasteiger partial charge in [0.2, 0.25) is 0 Å². The molecule has 3 aliphatic carbocycles. The highest BCUT2D eigenvalue weighted by atomic mass is 16.2. The van der Waals surface area contributed by atoms with E-state index in [9.17, 15) is 4.79 Å². The number of aromatic nitrogens is 2. The minimum absolute atomic E-state index is 0.0578. The predicted octanol–water partition coefficient (Wildman–Crippen LogP) is 6.53. The highest BCUT2D eigenvalue weighted by Crippen LogP contribution is 2.39. The van der Waals surface area contributed by atoms with Crippen molar-refractivity contribution in [1.82, 2.24) is 14.7 Å². The van der Waals surface area contributed by atoms with E-state index in [1.165, 1.54) is 49.8 Å². The fraction of sp³-hybridized carbons (Fsp3) is 0.548. The Morgan fingerprint density at radius 1 is 1.22 bits per heavy atom. The number of amides is 1. The van der Waals surface area contributed by atoms with Gasteiger partial charge in [0.25, 0.3) is 5.91 Å². The van der Waals surface area contributed by atoms with Gasteiger partial charge >= 0.3 is 0 Å². The zero-order valence-corrected chi connectivity index (χ0v) is 22.6. The summed E-state index contributed by atoms with van der Waals surface area (Å²) in [5.41, 5.74) is 7.15. The van der Waals surface area contributed by atoms with Crippen molar-refractivity contribution in [2.75, 3.05) is 13.1 Å². The normalized spacial score (nSPS) is 22.3. The molecule has 1 aliphatic heterocycles. The number of aliphatic imine (C=N–C) groups is 2. The van der Waals surface area contributed by atoms with Crippen LogP contribution in [0.1, 0.15) is 83.6 Å². The monoisotopic (exact) mass is 499 g/mol. The van der Waals surface area contributed by atoms with Crippen LogP contribution >= 0.6 is 0 Å². The molecule has 1 amide bonds. The van der Waals surface area contributed by atoms with Gasteiger partial charge < -0.3 is 4.90 Å². The molecule has 2 saturated carbocycles.